The summed E-state index contributed by atoms with van der Waals surface area (Å²) in [6, 6.07) is 2.24. The number of ether oxygens (including phenoxy) is 1. The van der Waals surface area contributed by atoms with Crippen LogP contribution in [0.15, 0.2) is 30.4 Å². The minimum atomic E-state index is -1.26. The summed E-state index contributed by atoms with van der Waals surface area (Å²) in [4.78, 5) is 23.4. The molecule has 0 fully saturated rings. The van der Waals surface area contributed by atoms with Crippen LogP contribution < -0.4 is 5.32 Å². The van der Waals surface area contributed by atoms with Crippen molar-refractivity contribution in [3.8, 4) is 0 Å². The molecular weight excluding hydrogens is 268 g/mol. The highest BCUT2D eigenvalue weighted by atomic mass is 19.2. The highest BCUT2D eigenvalue weighted by Gasteiger charge is 2.24. The zero-order valence-electron chi connectivity index (χ0n) is 11.2. The molecule has 20 heavy (non-hydrogen) atoms. The maximum absolute atomic E-state index is 13.5. The number of benzene rings is 1. The topological polar surface area (TPSA) is 55.4 Å². The predicted molar refractivity (Wildman–Crippen MR) is 69.1 cm³/mol. The van der Waals surface area contributed by atoms with E-state index in [1.165, 1.54) is 13.2 Å². The van der Waals surface area contributed by atoms with Gasteiger partial charge in [-0.15, -0.1) is 6.58 Å². The van der Waals surface area contributed by atoms with Crippen LogP contribution in [-0.4, -0.2) is 25.0 Å². The SMILES string of the molecule is C=C(C)C[C@H](NC(=O)c1cccc(F)c1F)C(=O)OC. The summed E-state index contributed by atoms with van der Waals surface area (Å²) in [7, 11) is 1.17. The first-order valence-electron chi connectivity index (χ1n) is 5.84. The molecule has 0 aliphatic heterocycles. The third-order valence-electron chi connectivity index (χ3n) is 2.54. The van der Waals surface area contributed by atoms with Crippen molar-refractivity contribution in [2.24, 2.45) is 0 Å². The lowest BCUT2D eigenvalue weighted by Gasteiger charge is -2.16. The molecule has 0 unspecified atom stereocenters. The minimum Gasteiger partial charge on any atom is -0.467 e. The van der Waals surface area contributed by atoms with Crippen molar-refractivity contribution in [1.82, 2.24) is 5.32 Å². The number of rotatable bonds is 5. The fourth-order valence-electron chi connectivity index (χ4n) is 1.60. The molecule has 0 saturated heterocycles. The van der Waals surface area contributed by atoms with Gasteiger partial charge in [-0.25, -0.2) is 13.6 Å². The Morgan fingerprint density at radius 3 is 2.60 bits per heavy atom. The first-order chi connectivity index (χ1) is 9.36. The Kier molecular flexibility index (Phi) is 5.37. The average Bonchev–Trinajstić information content (AvgIpc) is 2.39. The zero-order valence-corrected chi connectivity index (χ0v) is 11.2. The second-order valence-electron chi connectivity index (χ2n) is 4.31. The molecule has 0 aliphatic rings. The molecule has 0 heterocycles. The molecular formula is C14H15F2NO3. The quantitative estimate of drug-likeness (QED) is 0.666. The number of nitrogens with one attached hydrogen (secondary N) is 1. The number of hydrogen-bond acceptors (Lipinski definition) is 3. The number of carbonyl (C=O) groups is 2. The molecule has 108 valence electrons. The number of esters is 1. The van der Waals surface area contributed by atoms with Crippen LogP contribution in [0.3, 0.4) is 0 Å². The van der Waals surface area contributed by atoms with Gasteiger partial charge in [0.2, 0.25) is 0 Å². The van der Waals surface area contributed by atoms with Gasteiger partial charge < -0.3 is 10.1 Å². The fraction of sp³-hybridized carbons (Fsp3) is 0.286. The maximum Gasteiger partial charge on any atom is 0.328 e. The molecule has 1 N–H and O–H groups in total. The smallest absolute Gasteiger partial charge is 0.328 e. The number of halogens is 2. The first-order valence-corrected chi connectivity index (χ1v) is 5.84. The summed E-state index contributed by atoms with van der Waals surface area (Å²) in [5, 5.41) is 2.30. The van der Waals surface area contributed by atoms with Gasteiger partial charge in [0.15, 0.2) is 11.6 Å². The molecule has 0 radical (unpaired) electrons. The Balaban J connectivity index is 2.93. The molecule has 1 aromatic rings. The van der Waals surface area contributed by atoms with Crippen LogP contribution in [0.1, 0.15) is 23.7 Å². The number of amides is 1. The summed E-state index contributed by atoms with van der Waals surface area (Å²) in [5.74, 6) is -3.96. The average molecular weight is 283 g/mol. The zero-order chi connectivity index (χ0) is 15.3. The summed E-state index contributed by atoms with van der Waals surface area (Å²) in [6.45, 7) is 5.30. The monoisotopic (exact) mass is 283 g/mol. The van der Waals surface area contributed by atoms with Crippen molar-refractivity contribution in [1.29, 1.82) is 0 Å². The van der Waals surface area contributed by atoms with Gasteiger partial charge in [0.25, 0.3) is 5.91 Å². The Morgan fingerprint density at radius 1 is 1.40 bits per heavy atom. The van der Waals surface area contributed by atoms with Crippen molar-refractivity contribution in [2.45, 2.75) is 19.4 Å². The van der Waals surface area contributed by atoms with Crippen molar-refractivity contribution in [3.05, 3.63) is 47.5 Å². The lowest BCUT2D eigenvalue weighted by atomic mass is 10.1. The number of carbonyl (C=O) groups excluding carboxylic acids is 2. The summed E-state index contributed by atoms with van der Waals surface area (Å²) < 4.78 is 31.1. The summed E-state index contributed by atoms with van der Waals surface area (Å²) in [6.07, 6.45) is 0.148. The molecule has 0 aromatic heterocycles. The van der Waals surface area contributed by atoms with E-state index < -0.39 is 35.1 Å². The molecule has 1 aromatic carbocycles. The molecule has 1 atom stereocenters. The van der Waals surface area contributed by atoms with E-state index in [1.54, 1.807) is 6.92 Å². The second kappa shape index (κ2) is 6.79. The van der Waals surface area contributed by atoms with E-state index in [1.807, 2.05) is 0 Å². The molecule has 1 amide bonds. The van der Waals surface area contributed by atoms with E-state index in [0.29, 0.717) is 5.57 Å². The van der Waals surface area contributed by atoms with Crippen LogP contribution in [0, 0.1) is 11.6 Å². The van der Waals surface area contributed by atoms with Crippen LogP contribution >= 0.6 is 0 Å². The Hall–Kier alpha value is -2.24. The van der Waals surface area contributed by atoms with E-state index in [0.717, 1.165) is 12.1 Å². The van der Waals surface area contributed by atoms with Crippen molar-refractivity contribution < 1.29 is 23.1 Å². The standard InChI is InChI=1S/C14H15F2NO3/c1-8(2)7-11(14(19)20-3)17-13(18)9-5-4-6-10(15)12(9)16/h4-6,11H,1,7H2,2-3H3,(H,17,18)/t11-/m0/s1. The second-order valence-corrected chi connectivity index (χ2v) is 4.31. The Bertz CT molecular complexity index is 543. The molecule has 6 heteroatoms. The van der Waals surface area contributed by atoms with E-state index >= 15 is 0 Å². The third kappa shape index (κ3) is 3.88. The van der Waals surface area contributed by atoms with Crippen molar-refractivity contribution in [2.75, 3.05) is 7.11 Å². The number of methoxy groups -OCH3 is 1. The maximum atomic E-state index is 13.5. The molecule has 0 spiro atoms. The Labute approximate surface area is 115 Å². The van der Waals surface area contributed by atoms with Gasteiger partial charge in [0.1, 0.15) is 6.04 Å². The van der Waals surface area contributed by atoms with Gasteiger partial charge in [0.05, 0.1) is 12.7 Å². The van der Waals surface area contributed by atoms with Gasteiger partial charge in [-0.05, 0) is 25.5 Å². The highest BCUT2D eigenvalue weighted by Crippen LogP contribution is 2.12. The number of hydrogen-bond donors (Lipinski definition) is 1. The highest BCUT2D eigenvalue weighted by molar-refractivity contribution is 5.97. The van der Waals surface area contributed by atoms with Gasteiger partial charge in [-0.3, -0.25) is 4.79 Å². The van der Waals surface area contributed by atoms with Gasteiger partial charge in [-0.2, -0.15) is 0 Å². The van der Waals surface area contributed by atoms with Gasteiger partial charge >= 0.3 is 5.97 Å². The molecule has 1 rings (SSSR count). The Morgan fingerprint density at radius 2 is 2.05 bits per heavy atom. The molecule has 4 nitrogen and oxygen atoms in total. The van der Waals surface area contributed by atoms with Crippen LogP contribution in [-0.2, 0) is 9.53 Å². The predicted octanol–water partition coefficient (Wildman–Crippen LogP) is 2.20. The van der Waals surface area contributed by atoms with Crippen molar-refractivity contribution in [3.63, 3.8) is 0 Å². The lowest BCUT2D eigenvalue weighted by molar-refractivity contribution is -0.142. The van der Waals surface area contributed by atoms with Gasteiger partial charge in [-0.1, -0.05) is 11.6 Å². The normalized spacial score (nSPS) is 11.6. The van der Waals surface area contributed by atoms with E-state index in [9.17, 15) is 18.4 Å². The summed E-state index contributed by atoms with van der Waals surface area (Å²) >= 11 is 0. The fourth-order valence-corrected chi connectivity index (χ4v) is 1.60. The van der Waals surface area contributed by atoms with Crippen LogP contribution in [0.2, 0.25) is 0 Å². The largest absolute Gasteiger partial charge is 0.467 e. The third-order valence-corrected chi connectivity index (χ3v) is 2.54. The van der Waals surface area contributed by atoms with Gasteiger partial charge in [0, 0.05) is 0 Å². The van der Waals surface area contributed by atoms with Crippen LogP contribution in [0.5, 0.6) is 0 Å². The van der Waals surface area contributed by atoms with E-state index in [-0.39, 0.29) is 6.42 Å². The van der Waals surface area contributed by atoms with Crippen molar-refractivity contribution >= 4 is 11.9 Å². The minimum absolute atomic E-state index is 0.148. The van der Waals surface area contributed by atoms with E-state index in [2.05, 4.69) is 16.6 Å². The van der Waals surface area contributed by atoms with Crippen LogP contribution in [0.4, 0.5) is 8.78 Å². The molecule has 0 aliphatic carbocycles. The first kappa shape index (κ1) is 15.8. The molecule has 0 bridgehead atoms. The molecule has 0 saturated carbocycles. The van der Waals surface area contributed by atoms with E-state index in [4.69, 9.17) is 0 Å². The lowest BCUT2D eigenvalue weighted by Crippen LogP contribution is -2.42. The van der Waals surface area contributed by atoms with Crippen LogP contribution in [0.25, 0.3) is 0 Å². The summed E-state index contributed by atoms with van der Waals surface area (Å²) in [5.41, 5.74) is 0.168.